The van der Waals surface area contributed by atoms with Gasteiger partial charge in [-0.2, -0.15) is 0 Å². The highest BCUT2D eigenvalue weighted by molar-refractivity contribution is 6.17. The minimum Gasteiger partial charge on any atom is -0.309 e. The Morgan fingerprint density at radius 3 is 1.98 bits per heavy atom. The SMILES string of the molecule is CC1(C)c2cc(N(c3ccccc3-c3ccccc3)c3cccc4c3c3ccccc3n4-c3ccccc3)ccc2-c2c1ccc1ccccc21. The predicted molar refractivity (Wildman–Crippen MR) is 216 cm³/mol. The summed E-state index contributed by atoms with van der Waals surface area (Å²) in [5.74, 6) is 0. The third-order valence-electron chi connectivity index (χ3n) is 11.0. The minimum atomic E-state index is -0.162. The van der Waals surface area contributed by atoms with Gasteiger partial charge in [0.25, 0.3) is 0 Å². The molecule has 1 aliphatic carbocycles. The van der Waals surface area contributed by atoms with Crippen LogP contribution in [0.15, 0.2) is 182 Å². The molecule has 0 spiro atoms. The molecule has 1 heterocycles. The summed E-state index contributed by atoms with van der Waals surface area (Å²) in [6.07, 6.45) is 0. The van der Waals surface area contributed by atoms with Gasteiger partial charge in [0.05, 0.1) is 22.4 Å². The maximum atomic E-state index is 2.50. The molecule has 0 atom stereocenters. The highest BCUT2D eigenvalue weighted by Gasteiger charge is 2.37. The van der Waals surface area contributed by atoms with Crippen LogP contribution in [0, 0.1) is 0 Å². The number of fused-ring (bicyclic) bond motifs is 8. The van der Waals surface area contributed by atoms with Gasteiger partial charge in [-0.3, -0.25) is 0 Å². The molecule has 9 aromatic rings. The topological polar surface area (TPSA) is 8.17 Å². The molecular formula is C49H36N2. The molecule has 1 aliphatic rings. The molecule has 0 aliphatic heterocycles. The molecule has 10 rings (SSSR count). The highest BCUT2D eigenvalue weighted by atomic mass is 15.2. The average Bonchev–Trinajstić information content (AvgIpc) is 3.65. The summed E-state index contributed by atoms with van der Waals surface area (Å²) < 4.78 is 2.41. The molecule has 0 amide bonds. The van der Waals surface area contributed by atoms with Crippen molar-refractivity contribution in [3.05, 3.63) is 193 Å². The summed E-state index contributed by atoms with van der Waals surface area (Å²) in [6.45, 7) is 4.76. The van der Waals surface area contributed by atoms with Gasteiger partial charge in [-0.25, -0.2) is 0 Å². The van der Waals surface area contributed by atoms with Gasteiger partial charge in [-0.05, 0) is 87.1 Å². The molecule has 0 radical (unpaired) electrons. The van der Waals surface area contributed by atoms with E-state index in [-0.39, 0.29) is 5.41 Å². The third-order valence-corrected chi connectivity index (χ3v) is 11.0. The number of para-hydroxylation sites is 3. The zero-order valence-electron chi connectivity index (χ0n) is 28.7. The summed E-state index contributed by atoms with van der Waals surface area (Å²) in [6, 6.07) is 66.6. The lowest BCUT2D eigenvalue weighted by atomic mass is 9.82. The number of nitrogens with zero attached hydrogens (tertiary/aromatic N) is 2. The molecule has 2 heteroatoms. The first-order valence-corrected chi connectivity index (χ1v) is 17.8. The van der Waals surface area contributed by atoms with E-state index in [9.17, 15) is 0 Å². The Labute approximate surface area is 298 Å². The van der Waals surface area contributed by atoms with E-state index in [0.717, 1.165) is 22.7 Å². The molecule has 0 N–H and O–H groups in total. The van der Waals surface area contributed by atoms with Crippen molar-refractivity contribution >= 4 is 49.6 Å². The Balaban J connectivity index is 1.28. The van der Waals surface area contributed by atoms with Crippen LogP contribution in [0.2, 0.25) is 0 Å². The average molecular weight is 653 g/mol. The Bertz CT molecular complexity index is 2770. The van der Waals surface area contributed by atoms with Gasteiger partial charge < -0.3 is 9.47 Å². The molecule has 242 valence electrons. The van der Waals surface area contributed by atoms with Gasteiger partial charge in [0.1, 0.15) is 0 Å². The van der Waals surface area contributed by atoms with Crippen molar-refractivity contribution in [2.75, 3.05) is 4.90 Å². The van der Waals surface area contributed by atoms with Crippen molar-refractivity contribution < 1.29 is 0 Å². The van der Waals surface area contributed by atoms with Crippen LogP contribution >= 0.6 is 0 Å². The number of anilines is 3. The van der Waals surface area contributed by atoms with Gasteiger partial charge >= 0.3 is 0 Å². The highest BCUT2D eigenvalue weighted by Crippen LogP contribution is 2.54. The minimum absolute atomic E-state index is 0.162. The van der Waals surface area contributed by atoms with E-state index in [1.54, 1.807) is 0 Å². The first-order chi connectivity index (χ1) is 25.1. The smallest absolute Gasteiger partial charge is 0.0562 e. The van der Waals surface area contributed by atoms with Gasteiger partial charge in [0.15, 0.2) is 0 Å². The van der Waals surface area contributed by atoms with Crippen LogP contribution in [0.5, 0.6) is 0 Å². The Hall–Kier alpha value is -6.38. The third kappa shape index (κ3) is 4.43. The van der Waals surface area contributed by atoms with Crippen molar-refractivity contribution in [3.8, 4) is 27.9 Å². The molecule has 1 aromatic heterocycles. The van der Waals surface area contributed by atoms with Crippen LogP contribution in [0.4, 0.5) is 17.1 Å². The van der Waals surface area contributed by atoms with Crippen molar-refractivity contribution in [2.24, 2.45) is 0 Å². The largest absolute Gasteiger partial charge is 0.309 e. The Morgan fingerprint density at radius 1 is 0.471 bits per heavy atom. The molecule has 0 saturated heterocycles. The van der Waals surface area contributed by atoms with Gasteiger partial charge in [0, 0.05) is 33.1 Å². The van der Waals surface area contributed by atoms with Crippen LogP contribution in [-0.2, 0) is 5.41 Å². The summed E-state index contributed by atoms with van der Waals surface area (Å²) in [4.78, 5) is 2.50. The van der Waals surface area contributed by atoms with Crippen LogP contribution in [0.1, 0.15) is 25.0 Å². The van der Waals surface area contributed by atoms with Gasteiger partial charge in [-0.15, -0.1) is 0 Å². The van der Waals surface area contributed by atoms with Crippen molar-refractivity contribution in [1.29, 1.82) is 0 Å². The van der Waals surface area contributed by atoms with E-state index in [4.69, 9.17) is 0 Å². The van der Waals surface area contributed by atoms with Crippen molar-refractivity contribution in [2.45, 2.75) is 19.3 Å². The lowest BCUT2D eigenvalue weighted by Crippen LogP contribution is -2.17. The zero-order chi connectivity index (χ0) is 34.1. The second kappa shape index (κ2) is 11.3. The second-order valence-electron chi connectivity index (χ2n) is 14.1. The molecule has 51 heavy (non-hydrogen) atoms. The molecule has 0 unspecified atom stereocenters. The summed E-state index contributed by atoms with van der Waals surface area (Å²) in [5.41, 5.74) is 14.6. The Kier molecular flexibility index (Phi) is 6.56. The van der Waals surface area contributed by atoms with Crippen LogP contribution in [-0.4, -0.2) is 4.57 Å². The van der Waals surface area contributed by atoms with Crippen LogP contribution in [0.3, 0.4) is 0 Å². The fourth-order valence-electron chi connectivity index (χ4n) is 8.61. The number of rotatable bonds is 5. The standard InChI is InChI=1S/C49H36N2/c1-49(2)41-31-28-34-18-9-10-22-38(34)47(41)39-30-29-36(32-42(39)49)51(43-24-13-11-21-37(43)33-16-5-3-6-17-33)46-27-15-26-45-48(46)40-23-12-14-25-44(40)50(45)35-19-7-4-8-20-35/h3-32H,1-2H3. The molecule has 2 nitrogen and oxygen atoms in total. The van der Waals surface area contributed by atoms with Crippen molar-refractivity contribution in [1.82, 2.24) is 4.57 Å². The Morgan fingerprint density at radius 2 is 1.14 bits per heavy atom. The molecule has 0 fully saturated rings. The normalized spacial score (nSPS) is 13.1. The fraction of sp³-hybridized carbons (Fsp3) is 0.0612. The lowest BCUT2D eigenvalue weighted by Gasteiger charge is -2.30. The van der Waals surface area contributed by atoms with E-state index < -0.39 is 0 Å². The fourth-order valence-corrected chi connectivity index (χ4v) is 8.61. The van der Waals surface area contributed by atoms with E-state index in [0.29, 0.717) is 0 Å². The van der Waals surface area contributed by atoms with E-state index in [2.05, 4.69) is 205 Å². The van der Waals surface area contributed by atoms with Crippen LogP contribution < -0.4 is 4.90 Å². The zero-order valence-corrected chi connectivity index (χ0v) is 28.7. The number of hydrogen-bond acceptors (Lipinski definition) is 1. The summed E-state index contributed by atoms with van der Waals surface area (Å²) in [5, 5.41) is 5.06. The first kappa shape index (κ1) is 29.5. The maximum absolute atomic E-state index is 2.50. The van der Waals surface area contributed by atoms with E-state index in [1.807, 2.05) is 0 Å². The first-order valence-electron chi connectivity index (χ1n) is 17.8. The van der Waals surface area contributed by atoms with Gasteiger partial charge in [0.2, 0.25) is 0 Å². The maximum Gasteiger partial charge on any atom is 0.0562 e. The van der Waals surface area contributed by atoms with E-state index in [1.165, 1.54) is 66.0 Å². The second-order valence-corrected chi connectivity index (χ2v) is 14.1. The lowest BCUT2D eigenvalue weighted by molar-refractivity contribution is 0.661. The quantitative estimate of drug-likeness (QED) is 0.180. The molecular weight excluding hydrogens is 617 g/mol. The molecule has 8 aromatic carbocycles. The van der Waals surface area contributed by atoms with Gasteiger partial charge in [-0.1, -0.05) is 147 Å². The van der Waals surface area contributed by atoms with Crippen molar-refractivity contribution in [3.63, 3.8) is 0 Å². The van der Waals surface area contributed by atoms with E-state index >= 15 is 0 Å². The van der Waals surface area contributed by atoms with Crippen LogP contribution in [0.25, 0.3) is 60.5 Å². The predicted octanol–water partition coefficient (Wildman–Crippen LogP) is 13.4. The molecule has 0 saturated carbocycles. The summed E-state index contributed by atoms with van der Waals surface area (Å²) in [7, 11) is 0. The molecule has 0 bridgehead atoms. The number of benzene rings is 8. The number of aromatic nitrogens is 1. The summed E-state index contributed by atoms with van der Waals surface area (Å²) >= 11 is 0. The monoisotopic (exact) mass is 652 g/mol. The number of hydrogen-bond donors (Lipinski definition) is 0.